The molecular weight excluding hydrogens is 317 g/mol. The maximum absolute atomic E-state index is 12.8. The molecule has 24 heavy (non-hydrogen) atoms. The predicted octanol–water partition coefficient (Wildman–Crippen LogP) is 2.52. The molecule has 126 valence electrons. The molecule has 0 bridgehead atoms. The molecule has 0 aliphatic carbocycles. The molecule has 7 nitrogen and oxygen atoms in total. The fraction of sp³-hybridized carbons (Fsp3) is 0.250. The van der Waals surface area contributed by atoms with Gasteiger partial charge >= 0.3 is 5.82 Å². The lowest BCUT2D eigenvalue weighted by molar-refractivity contribution is -0.390. The average molecular weight is 333 g/mol. The lowest BCUT2D eigenvalue weighted by atomic mass is 10.2. The van der Waals surface area contributed by atoms with Crippen LogP contribution in [0.3, 0.4) is 0 Å². The molecule has 0 unspecified atom stereocenters. The van der Waals surface area contributed by atoms with E-state index in [0.717, 1.165) is 5.56 Å². The lowest BCUT2D eigenvalue weighted by Crippen LogP contribution is -2.36. The molecule has 0 saturated heterocycles. The standard InChI is InChI=1S/C16H16FN3O4/c1-10-3-8-14(15(19-10)20(22)23)24-11(2)16(21)18-9-12-4-6-13(17)7-5-12/h3-8,11H,9H2,1-2H3,(H,18,21)/t11-/m1/s1. The van der Waals surface area contributed by atoms with Crippen LogP contribution in [0.1, 0.15) is 18.2 Å². The SMILES string of the molecule is Cc1ccc(O[C@H](C)C(=O)NCc2ccc(F)cc2)c([N+](=O)[O-])n1. The first-order valence-corrected chi connectivity index (χ1v) is 7.17. The number of nitrogens with zero attached hydrogens (tertiary/aromatic N) is 2. The van der Waals surface area contributed by atoms with Gasteiger partial charge in [-0.2, -0.15) is 0 Å². The fourth-order valence-corrected chi connectivity index (χ4v) is 1.93. The van der Waals surface area contributed by atoms with E-state index in [-0.39, 0.29) is 18.1 Å². The third-order valence-corrected chi connectivity index (χ3v) is 3.20. The molecule has 2 aromatic rings. The second kappa shape index (κ2) is 7.49. The van der Waals surface area contributed by atoms with E-state index in [9.17, 15) is 19.3 Å². The Bertz CT molecular complexity index is 749. The van der Waals surface area contributed by atoms with Crippen LogP contribution >= 0.6 is 0 Å². The minimum Gasteiger partial charge on any atom is -0.473 e. The molecule has 0 fully saturated rings. The van der Waals surface area contributed by atoms with E-state index in [1.165, 1.54) is 25.1 Å². The summed E-state index contributed by atoms with van der Waals surface area (Å²) in [5.41, 5.74) is 1.20. The summed E-state index contributed by atoms with van der Waals surface area (Å²) in [5, 5.41) is 13.6. The first-order valence-electron chi connectivity index (χ1n) is 7.17. The minimum absolute atomic E-state index is 0.0740. The minimum atomic E-state index is -0.950. The van der Waals surface area contributed by atoms with E-state index in [1.807, 2.05) is 0 Å². The molecule has 1 N–H and O–H groups in total. The van der Waals surface area contributed by atoms with Crippen molar-refractivity contribution in [2.24, 2.45) is 0 Å². The number of hydrogen-bond acceptors (Lipinski definition) is 5. The van der Waals surface area contributed by atoms with Gasteiger partial charge in [0.05, 0.1) is 0 Å². The van der Waals surface area contributed by atoms with E-state index in [2.05, 4.69) is 10.3 Å². The number of aryl methyl sites for hydroxylation is 1. The van der Waals surface area contributed by atoms with Gasteiger partial charge in [-0.05, 0) is 46.7 Å². The largest absolute Gasteiger partial charge is 0.473 e. The number of carbonyl (C=O) groups is 1. The summed E-state index contributed by atoms with van der Waals surface area (Å²) in [6, 6.07) is 8.66. The average Bonchev–Trinajstić information content (AvgIpc) is 2.55. The number of nitrogens with one attached hydrogen (secondary N) is 1. The number of aromatic nitrogens is 1. The topological polar surface area (TPSA) is 94.4 Å². The van der Waals surface area contributed by atoms with Gasteiger partial charge in [-0.15, -0.1) is 0 Å². The third-order valence-electron chi connectivity index (χ3n) is 3.20. The second-order valence-corrected chi connectivity index (χ2v) is 5.14. The highest BCUT2D eigenvalue weighted by atomic mass is 19.1. The molecule has 0 radical (unpaired) electrons. The van der Waals surface area contributed by atoms with Gasteiger partial charge in [0, 0.05) is 13.5 Å². The number of hydrogen-bond donors (Lipinski definition) is 1. The highest BCUT2D eigenvalue weighted by molar-refractivity contribution is 5.80. The first-order chi connectivity index (χ1) is 11.4. The summed E-state index contributed by atoms with van der Waals surface area (Å²) in [5.74, 6) is -1.32. The Morgan fingerprint density at radius 1 is 1.33 bits per heavy atom. The summed E-state index contributed by atoms with van der Waals surface area (Å²) in [4.78, 5) is 26.2. The molecule has 1 heterocycles. The number of halogens is 1. The van der Waals surface area contributed by atoms with Crippen molar-refractivity contribution in [2.75, 3.05) is 0 Å². The van der Waals surface area contributed by atoms with Crippen LogP contribution in [-0.2, 0) is 11.3 Å². The number of benzene rings is 1. The van der Waals surface area contributed by atoms with Crippen molar-refractivity contribution in [1.82, 2.24) is 10.3 Å². The molecule has 0 spiro atoms. The number of nitro groups is 1. The summed E-state index contributed by atoms with van der Waals surface area (Å²) >= 11 is 0. The highest BCUT2D eigenvalue weighted by Crippen LogP contribution is 2.25. The highest BCUT2D eigenvalue weighted by Gasteiger charge is 2.22. The molecule has 1 aromatic carbocycles. The Balaban J connectivity index is 1.99. The normalized spacial score (nSPS) is 11.6. The van der Waals surface area contributed by atoms with Crippen molar-refractivity contribution in [2.45, 2.75) is 26.5 Å². The smallest absolute Gasteiger partial charge is 0.406 e. The zero-order chi connectivity index (χ0) is 17.7. The van der Waals surface area contributed by atoms with Gasteiger partial charge in [0.25, 0.3) is 5.91 Å². The van der Waals surface area contributed by atoms with Crippen LogP contribution in [0.2, 0.25) is 0 Å². The first kappa shape index (κ1) is 17.3. The molecule has 0 aliphatic heterocycles. The van der Waals surface area contributed by atoms with Crippen LogP contribution in [0, 0.1) is 22.9 Å². The summed E-state index contributed by atoms with van der Waals surface area (Å²) in [6.07, 6.45) is -0.950. The predicted molar refractivity (Wildman–Crippen MR) is 84.0 cm³/mol. The van der Waals surface area contributed by atoms with Crippen LogP contribution in [0.5, 0.6) is 5.75 Å². The number of amides is 1. The number of pyridine rings is 1. The van der Waals surface area contributed by atoms with E-state index < -0.39 is 22.8 Å². The van der Waals surface area contributed by atoms with Crippen LogP contribution in [0.25, 0.3) is 0 Å². The van der Waals surface area contributed by atoms with Crippen molar-refractivity contribution >= 4 is 11.7 Å². The van der Waals surface area contributed by atoms with E-state index in [0.29, 0.717) is 5.69 Å². The maximum atomic E-state index is 12.8. The van der Waals surface area contributed by atoms with Gasteiger partial charge < -0.3 is 20.2 Å². The van der Waals surface area contributed by atoms with E-state index in [1.54, 1.807) is 25.1 Å². The van der Waals surface area contributed by atoms with Gasteiger partial charge in [0.15, 0.2) is 6.10 Å². The Morgan fingerprint density at radius 2 is 2.00 bits per heavy atom. The lowest BCUT2D eigenvalue weighted by Gasteiger charge is -2.14. The van der Waals surface area contributed by atoms with Crippen molar-refractivity contribution in [3.63, 3.8) is 0 Å². The van der Waals surface area contributed by atoms with Crippen molar-refractivity contribution in [3.8, 4) is 5.75 Å². The molecule has 1 aromatic heterocycles. The second-order valence-electron chi connectivity index (χ2n) is 5.14. The monoisotopic (exact) mass is 333 g/mol. The Hall–Kier alpha value is -3.03. The van der Waals surface area contributed by atoms with Gasteiger partial charge in [-0.3, -0.25) is 4.79 Å². The fourth-order valence-electron chi connectivity index (χ4n) is 1.93. The molecule has 1 amide bonds. The number of carbonyl (C=O) groups excluding carboxylic acids is 1. The van der Waals surface area contributed by atoms with Crippen LogP contribution in [0.15, 0.2) is 36.4 Å². The zero-order valence-corrected chi connectivity index (χ0v) is 13.2. The summed E-state index contributed by atoms with van der Waals surface area (Å²) in [6.45, 7) is 3.29. The van der Waals surface area contributed by atoms with E-state index >= 15 is 0 Å². The van der Waals surface area contributed by atoms with E-state index in [4.69, 9.17) is 4.74 Å². The molecule has 0 aliphatic rings. The molecule has 2 rings (SSSR count). The van der Waals surface area contributed by atoms with Crippen molar-refractivity contribution in [1.29, 1.82) is 0 Å². The number of rotatable bonds is 6. The van der Waals surface area contributed by atoms with Crippen molar-refractivity contribution < 1.29 is 18.8 Å². The van der Waals surface area contributed by atoms with Gasteiger partial charge in [0.1, 0.15) is 11.5 Å². The molecule has 0 saturated carbocycles. The molecule has 1 atom stereocenters. The van der Waals surface area contributed by atoms with Gasteiger partial charge in [-0.1, -0.05) is 12.1 Å². The van der Waals surface area contributed by atoms with Gasteiger partial charge in [-0.25, -0.2) is 4.39 Å². The molecule has 8 heteroatoms. The van der Waals surface area contributed by atoms with Crippen molar-refractivity contribution in [3.05, 3.63) is 63.6 Å². The maximum Gasteiger partial charge on any atom is 0.406 e. The zero-order valence-electron chi connectivity index (χ0n) is 13.2. The van der Waals surface area contributed by atoms with Crippen LogP contribution in [0.4, 0.5) is 10.2 Å². The third kappa shape index (κ3) is 4.48. The van der Waals surface area contributed by atoms with Crippen LogP contribution in [-0.4, -0.2) is 21.9 Å². The summed E-state index contributed by atoms with van der Waals surface area (Å²) in [7, 11) is 0. The molecular formula is C16H16FN3O4. The Labute approximate surface area is 137 Å². The summed E-state index contributed by atoms with van der Waals surface area (Å²) < 4.78 is 18.2. The van der Waals surface area contributed by atoms with Gasteiger partial charge in [0.2, 0.25) is 5.75 Å². The Kier molecular flexibility index (Phi) is 5.41. The van der Waals surface area contributed by atoms with Crippen LogP contribution < -0.4 is 10.1 Å². The Morgan fingerprint density at radius 3 is 2.62 bits per heavy atom. The number of ether oxygens (including phenoxy) is 1. The quantitative estimate of drug-likeness (QED) is 0.647.